The zero-order chi connectivity index (χ0) is 37.5. The van der Waals surface area contributed by atoms with E-state index in [4.69, 9.17) is 20.7 Å². The van der Waals surface area contributed by atoms with E-state index in [9.17, 15) is 0 Å². The minimum Gasteiger partial charge on any atom is -0.399 e. The molecule has 8 aromatic carbocycles. The van der Waals surface area contributed by atoms with Gasteiger partial charge in [-0.1, -0.05) is 176 Å². The van der Waals surface area contributed by atoms with Crippen molar-refractivity contribution in [2.24, 2.45) is 0 Å². The first-order valence-electron chi connectivity index (χ1n) is 18.9. The number of aromatic nitrogens is 3. The second-order valence-electron chi connectivity index (χ2n) is 14.2. The van der Waals surface area contributed by atoms with E-state index in [-0.39, 0.29) is 0 Å². The predicted octanol–water partition coefficient (Wildman–Crippen LogP) is 12.2. The average Bonchev–Trinajstić information content (AvgIpc) is 3.57. The summed E-state index contributed by atoms with van der Waals surface area (Å²) in [5.74, 6) is 1.87. The van der Waals surface area contributed by atoms with Crippen LogP contribution in [0.15, 0.2) is 206 Å². The fourth-order valence-corrected chi connectivity index (χ4v) is 8.34. The van der Waals surface area contributed by atoms with E-state index < -0.39 is 5.41 Å². The molecule has 0 aliphatic heterocycles. The number of nitrogen functional groups attached to an aromatic ring is 1. The molecule has 0 amide bonds. The second-order valence-corrected chi connectivity index (χ2v) is 14.2. The fourth-order valence-electron chi connectivity index (χ4n) is 8.34. The minimum atomic E-state index is -0.623. The van der Waals surface area contributed by atoms with E-state index >= 15 is 0 Å². The molecule has 0 spiro atoms. The third kappa shape index (κ3) is 5.67. The van der Waals surface area contributed by atoms with Crippen molar-refractivity contribution in [3.8, 4) is 67.5 Å². The van der Waals surface area contributed by atoms with E-state index in [1.54, 1.807) is 0 Å². The van der Waals surface area contributed by atoms with Crippen molar-refractivity contribution in [3.63, 3.8) is 0 Å². The minimum absolute atomic E-state index is 0.619. The Kier molecular flexibility index (Phi) is 8.15. The molecule has 1 heterocycles. The number of hydrogen-bond acceptors (Lipinski definition) is 4. The van der Waals surface area contributed by atoms with Gasteiger partial charge in [0.05, 0.1) is 5.41 Å². The topological polar surface area (TPSA) is 64.7 Å². The number of nitrogens with zero attached hydrogens (tertiary/aromatic N) is 3. The highest BCUT2D eigenvalue weighted by atomic mass is 15.0. The van der Waals surface area contributed by atoms with Crippen LogP contribution in [0.3, 0.4) is 0 Å². The standard InChI is InChI=1S/C52H36N4/c53-44-26-14-20-38(32-44)39-27-29-45-46-30-28-41(34-48(46)52(47(45)33-39,42-22-9-3-10-23-42)43-24-11-4-12-25-43)51-55-49(36-17-7-2-8-18-36)54-50(56-51)40-21-13-19-37(31-40)35-15-5-1-6-16-35/h1-34H,53H2. The van der Waals surface area contributed by atoms with Crippen LogP contribution in [-0.4, -0.2) is 15.0 Å². The van der Waals surface area contributed by atoms with Gasteiger partial charge in [-0.2, -0.15) is 0 Å². The highest BCUT2D eigenvalue weighted by Crippen LogP contribution is 2.57. The normalized spacial score (nSPS) is 12.5. The molecular weight excluding hydrogens is 681 g/mol. The van der Waals surface area contributed by atoms with Crippen molar-refractivity contribution in [1.29, 1.82) is 0 Å². The van der Waals surface area contributed by atoms with Gasteiger partial charge < -0.3 is 5.73 Å². The zero-order valence-electron chi connectivity index (χ0n) is 30.5. The molecule has 4 nitrogen and oxygen atoms in total. The van der Waals surface area contributed by atoms with E-state index in [1.165, 1.54) is 33.4 Å². The molecule has 2 N–H and O–H groups in total. The number of benzene rings is 8. The Bertz CT molecular complexity index is 2810. The maximum absolute atomic E-state index is 6.30. The van der Waals surface area contributed by atoms with Crippen LogP contribution in [0.5, 0.6) is 0 Å². The van der Waals surface area contributed by atoms with Gasteiger partial charge in [-0.15, -0.1) is 0 Å². The lowest BCUT2D eigenvalue weighted by atomic mass is 9.67. The Morgan fingerprint density at radius 1 is 0.304 bits per heavy atom. The van der Waals surface area contributed by atoms with Crippen LogP contribution in [0, 0.1) is 0 Å². The lowest BCUT2D eigenvalue weighted by molar-refractivity contribution is 0.769. The van der Waals surface area contributed by atoms with Gasteiger partial charge in [-0.25, -0.2) is 15.0 Å². The first-order valence-corrected chi connectivity index (χ1v) is 18.9. The van der Waals surface area contributed by atoms with Gasteiger partial charge in [0, 0.05) is 22.4 Å². The smallest absolute Gasteiger partial charge is 0.164 e. The quantitative estimate of drug-likeness (QED) is 0.167. The van der Waals surface area contributed by atoms with Crippen LogP contribution in [0.25, 0.3) is 67.5 Å². The predicted molar refractivity (Wildman–Crippen MR) is 229 cm³/mol. The van der Waals surface area contributed by atoms with E-state index in [1.807, 2.05) is 42.5 Å². The first-order chi connectivity index (χ1) is 27.6. The molecule has 0 saturated heterocycles. The number of fused-ring (bicyclic) bond motifs is 3. The Hall–Kier alpha value is -7.43. The molecule has 9 aromatic rings. The lowest BCUT2D eigenvalue weighted by Gasteiger charge is -2.34. The molecule has 0 atom stereocenters. The fraction of sp³-hybridized carbons (Fsp3) is 0.0192. The van der Waals surface area contributed by atoms with E-state index in [2.05, 4.69) is 164 Å². The van der Waals surface area contributed by atoms with Gasteiger partial charge in [-0.3, -0.25) is 0 Å². The van der Waals surface area contributed by atoms with Gasteiger partial charge in [0.1, 0.15) is 0 Å². The molecule has 0 bridgehead atoms. The lowest BCUT2D eigenvalue weighted by Crippen LogP contribution is -2.28. The maximum Gasteiger partial charge on any atom is 0.164 e. The van der Waals surface area contributed by atoms with Crippen LogP contribution in [0.1, 0.15) is 22.3 Å². The van der Waals surface area contributed by atoms with Crippen LogP contribution >= 0.6 is 0 Å². The molecule has 1 aliphatic rings. The largest absolute Gasteiger partial charge is 0.399 e. The molecule has 10 rings (SSSR count). The van der Waals surface area contributed by atoms with Crippen molar-refractivity contribution in [2.75, 3.05) is 5.73 Å². The third-order valence-electron chi connectivity index (χ3n) is 10.9. The third-order valence-corrected chi connectivity index (χ3v) is 10.9. The monoisotopic (exact) mass is 716 g/mol. The van der Waals surface area contributed by atoms with Gasteiger partial charge in [0.25, 0.3) is 0 Å². The van der Waals surface area contributed by atoms with Gasteiger partial charge in [-0.05, 0) is 86.0 Å². The summed E-state index contributed by atoms with van der Waals surface area (Å²) in [4.78, 5) is 15.5. The summed E-state index contributed by atoms with van der Waals surface area (Å²) in [5, 5.41) is 0. The first kappa shape index (κ1) is 33.2. The Balaban J connectivity index is 1.21. The molecule has 56 heavy (non-hydrogen) atoms. The molecular formula is C52H36N4. The molecule has 0 fully saturated rings. The second kappa shape index (κ2) is 13.8. The number of hydrogen-bond donors (Lipinski definition) is 1. The number of anilines is 1. The Morgan fingerprint density at radius 2 is 0.696 bits per heavy atom. The van der Waals surface area contributed by atoms with Crippen LogP contribution < -0.4 is 5.73 Å². The molecule has 0 saturated carbocycles. The highest BCUT2D eigenvalue weighted by molar-refractivity contribution is 5.90. The SMILES string of the molecule is Nc1cccc(-c2ccc3c(c2)C(c2ccccc2)(c2ccccc2)c2cc(-c4nc(-c5ccccc5)nc(-c5cccc(-c6ccccc6)c5)n4)ccc2-3)c1. The van der Waals surface area contributed by atoms with Crippen molar-refractivity contribution in [3.05, 3.63) is 229 Å². The van der Waals surface area contributed by atoms with E-state index in [0.29, 0.717) is 17.5 Å². The summed E-state index contributed by atoms with van der Waals surface area (Å²) >= 11 is 0. The molecule has 1 aromatic heterocycles. The summed E-state index contributed by atoms with van der Waals surface area (Å²) in [6, 6.07) is 72.4. The highest BCUT2D eigenvalue weighted by Gasteiger charge is 2.46. The van der Waals surface area contributed by atoms with Crippen molar-refractivity contribution in [1.82, 2.24) is 15.0 Å². The molecule has 264 valence electrons. The van der Waals surface area contributed by atoms with Gasteiger partial charge in [0.15, 0.2) is 17.5 Å². The van der Waals surface area contributed by atoms with Crippen LogP contribution in [-0.2, 0) is 5.41 Å². The maximum atomic E-state index is 6.30. The molecule has 0 unspecified atom stereocenters. The van der Waals surface area contributed by atoms with Crippen molar-refractivity contribution in [2.45, 2.75) is 5.41 Å². The van der Waals surface area contributed by atoms with Gasteiger partial charge >= 0.3 is 0 Å². The Labute approximate surface area is 326 Å². The van der Waals surface area contributed by atoms with Crippen LogP contribution in [0.4, 0.5) is 5.69 Å². The van der Waals surface area contributed by atoms with E-state index in [0.717, 1.165) is 44.6 Å². The van der Waals surface area contributed by atoms with Crippen molar-refractivity contribution >= 4 is 5.69 Å². The summed E-state index contributed by atoms with van der Waals surface area (Å²) < 4.78 is 0. The molecule has 4 heteroatoms. The van der Waals surface area contributed by atoms with Crippen molar-refractivity contribution < 1.29 is 0 Å². The number of nitrogens with two attached hydrogens (primary N) is 1. The summed E-state index contributed by atoms with van der Waals surface area (Å²) in [6.45, 7) is 0. The Morgan fingerprint density at radius 3 is 1.27 bits per heavy atom. The van der Waals surface area contributed by atoms with Crippen LogP contribution in [0.2, 0.25) is 0 Å². The summed E-state index contributed by atoms with van der Waals surface area (Å²) in [5.41, 5.74) is 20.8. The zero-order valence-corrected chi connectivity index (χ0v) is 30.5. The number of rotatable bonds is 7. The molecule has 1 aliphatic carbocycles. The molecule has 0 radical (unpaired) electrons. The summed E-state index contributed by atoms with van der Waals surface area (Å²) in [6.07, 6.45) is 0. The van der Waals surface area contributed by atoms with Gasteiger partial charge in [0.2, 0.25) is 0 Å². The average molecular weight is 717 g/mol. The summed E-state index contributed by atoms with van der Waals surface area (Å²) in [7, 11) is 0.